The fourth-order valence-corrected chi connectivity index (χ4v) is 2.10. The maximum Gasteiger partial charge on any atom is 0.257 e. The minimum atomic E-state index is -0.253. The number of halogens is 1. The number of carbonyl (C=O) groups is 1. The van der Waals surface area contributed by atoms with Crippen molar-refractivity contribution in [2.45, 2.75) is 11.8 Å². The van der Waals surface area contributed by atoms with E-state index in [2.05, 4.69) is 26.2 Å². The Bertz CT molecular complexity index is 629. The van der Waals surface area contributed by atoms with Gasteiger partial charge >= 0.3 is 0 Å². The third-order valence-corrected chi connectivity index (χ3v) is 3.18. The molecule has 0 saturated heterocycles. The van der Waals surface area contributed by atoms with Gasteiger partial charge < -0.3 is 10.3 Å². The number of benzene rings is 1. The van der Waals surface area contributed by atoms with Crippen molar-refractivity contribution >= 4 is 27.5 Å². The van der Waals surface area contributed by atoms with Crippen molar-refractivity contribution in [2.24, 2.45) is 0 Å². The second kappa shape index (κ2) is 5.84. The lowest BCUT2D eigenvalue weighted by Gasteiger charge is -2.12. The van der Waals surface area contributed by atoms with E-state index >= 15 is 0 Å². The normalized spacial score (nSPS) is 11.9. The van der Waals surface area contributed by atoms with E-state index in [1.807, 2.05) is 31.2 Å². The molecule has 0 aliphatic carbocycles. The number of amides is 1. The minimum Gasteiger partial charge on any atom is -0.328 e. The van der Waals surface area contributed by atoms with Gasteiger partial charge in [-0.25, -0.2) is 0 Å². The molecule has 2 aromatic rings. The molecule has 0 fully saturated rings. The van der Waals surface area contributed by atoms with E-state index in [0.717, 1.165) is 11.3 Å². The number of nitrogens with one attached hydrogen (secondary N) is 2. The van der Waals surface area contributed by atoms with E-state index in [4.69, 9.17) is 0 Å². The predicted octanol–water partition coefficient (Wildman–Crippen LogP) is 3.08. The number of H-pyrrole nitrogens is 1. The van der Waals surface area contributed by atoms with Crippen LogP contribution in [0.15, 0.2) is 47.4 Å². The zero-order valence-corrected chi connectivity index (χ0v) is 11.9. The summed E-state index contributed by atoms with van der Waals surface area (Å²) in [6.45, 7) is 1.99. The molecule has 2 N–H and O–H groups in total. The first-order chi connectivity index (χ1) is 9.08. The largest absolute Gasteiger partial charge is 0.328 e. The van der Waals surface area contributed by atoms with Gasteiger partial charge in [-0.2, -0.15) is 0 Å². The molecule has 19 heavy (non-hydrogen) atoms. The average molecular weight is 321 g/mol. The average Bonchev–Trinajstić information content (AvgIpc) is 2.39. The predicted molar refractivity (Wildman–Crippen MR) is 78.8 cm³/mol. The number of anilines is 1. The molecule has 4 nitrogen and oxygen atoms in total. The Balaban J connectivity index is 2.24. The summed E-state index contributed by atoms with van der Waals surface area (Å²) in [7, 11) is 0. The number of para-hydroxylation sites is 1. The van der Waals surface area contributed by atoms with Gasteiger partial charge in [0.25, 0.3) is 5.91 Å². The Morgan fingerprint density at radius 1 is 1.26 bits per heavy atom. The minimum absolute atomic E-state index is 0.139. The smallest absolute Gasteiger partial charge is 0.257 e. The van der Waals surface area contributed by atoms with E-state index < -0.39 is 0 Å². The van der Waals surface area contributed by atoms with Gasteiger partial charge in [-0.1, -0.05) is 34.1 Å². The first-order valence-electron chi connectivity index (χ1n) is 5.81. The van der Waals surface area contributed by atoms with Crippen molar-refractivity contribution in [3.63, 3.8) is 0 Å². The Labute approximate surface area is 119 Å². The first-order valence-corrected chi connectivity index (χ1v) is 6.72. The zero-order valence-electron chi connectivity index (χ0n) is 10.3. The van der Waals surface area contributed by atoms with Gasteiger partial charge in [0.05, 0.1) is 5.56 Å². The lowest BCUT2D eigenvalue weighted by molar-refractivity contribution is 0.102. The third-order valence-electron chi connectivity index (χ3n) is 2.68. The van der Waals surface area contributed by atoms with Crippen molar-refractivity contribution in [3.8, 4) is 0 Å². The molecule has 5 heteroatoms. The Morgan fingerprint density at radius 2 is 2.00 bits per heavy atom. The van der Waals surface area contributed by atoms with Gasteiger partial charge in [-0.15, -0.1) is 0 Å². The molecule has 98 valence electrons. The first kappa shape index (κ1) is 13.5. The summed E-state index contributed by atoms with van der Waals surface area (Å²) >= 11 is 3.49. The highest BCUT2D eigenvalue weighted by Crippen LogP contribution is 2.28. The molecule has 2 rings (SSSR count). The molecule has 0 aliphatic heterocycles. The molecular weight excluding hydrogens is 308 g/mol. The van der Waals surface area contributed by atoms with Gasteiger partial charge in [-0.3, -0.25) is 9.59 Å². The summed E-state index contributed by atoms with van der Waals surface area (Å²) in [6, 6.07) is 10.4. The van der Waals surface area contributed by atoms with Crippen LogP contribution in [-0.2, 0) is 0 Å². The summed E-state index contributed by atoms with van der Waals surface area (Å²) in [5.41, 5.74) is 1.94. The number of carbonyl (C=O) groups excluding carboxylic acids is 1. The third kappa shape index (κ3) is 3.32. The molecule has 1 aromatic heterocycles. The van der Waals surface area contributed by atoms with Crippen molar-refractivity contribution in [3.05, 3.63) is 64.1 Å². The van der Waals surface area contributed by atoms with E-state index in [0.29, 0.717) is 5.56 Å². The number of aromatic nitrogens is 1. The van der Waals surface area contributed by atoms with Crippen molar-refractivity contribution < 1.29 is 4.79 Å². The maximum atomic E-state index is 12.1. The zero-order chi connectivity index (χ0) is 13.8. The molecular formula is C14H13BrN2O2. The molecule has 0 saturated carbocycles. The molecule has 0 bridgehead atoms. The lowest BCUT2D eigenvalue weighted by Crippen LogP contribution is -2.15. The number of alkyl halides is 1. The highest BCUT2D eigenvalue weighted by Gasteiger charge is 2.11. The Hall–Kier alpha value is -1.88. The van der Waals surface area contributed by atoms with Crippen LogP contribution in [0.2, 0.25) is 0 Å². The highest BCUT2D eigenvalue weighted by atomic mass is 79.9. The van der Waals surface area contributed by atoms with Crippen LogP contribution in [-0.4, -0.2) is 10.9 Å². The SMILES string of the molecule is CC(Br)c1ccccc1NC(=O)c1ccc(=O)[nH]c1. The van der Waals surface area contributed by atoms with E-state index in [1.54, 1.807) is 0 Å². The second-order valence-corrected chi connectivity index (χ2v) is 5.47. The van der Waals surface area contributed by atoms with Crippen molar-refractivity contribution in [1.29, 1.82) is 0 Å². The second-order valence-electron chi connectivity index (χ2n) is 4.10. The Morgan fingerprint density at radius 3 is 2.63 bits per heavy atom. The van der Waals surface area contributed by atoms with E-state index in [9.17, 15) is 9.59 Å². The van der Waals surface area contributed by atoms with Crippen molar-refractivity contribution in [1.82, 2.24) is 4.98 Å². The van der Waals surface area contributed by atoms with Crippen LogP contribution in [0.5, 0.6) is 0 Å². The van der Waals surface area contributed by atoms with Crippen molar-refractivity contribution in [2.75, 3.05) is 5.32 Å². The standard InChI is InChI=1S/C14H13BrN2O2/c1-9(15)11-4-2-3-5-12(11)17-14(19)10-6-7-13(18)16-8-10/h2-9H,1H3,(H,16,18)(H,17,19). The number of aromatic amines is 1. The van der Waals surface area contributed by atoms with Gasteiger partial charge in [-0.05, 0) is 24.6 Å². The monoisotopic (exact) mass is 320 g/mol. The van der Waals surface area contributed by atoms with Gasteiger partial charge in [0.15, 0.2) is 0 Å². The van der Waals surface area contributed by atoms with E-state index in [1.165, 1.54) is 18.3 Å². The number of rotatable bonds is 3. The molecule has 1 atom stereocenters. The number of hydrogen-bond donors (Lipinski definition) is 2. The fraction of sp³-hybridized carbons (Fsp3) is 0.143. The van der Waals surface area contributed by atoms with Gasteiger partial charge in [0.2, 0.25) is 5.56 Å². The summed E-state index contributed by atoms with van der Waals surface area (Å²) in [5.74, 6) is -0.253. The number of pyridine rings is 1. The molecule has 0 aliphatic rings. The molecule has 0 spiro atoms. The lowest BCUT2D eigenvalue weighted by atomic mass is 10.1. The fourth-order valence-electron chi connectivity index (χ4n) is 1.70. The Kier molecular flexibility index (Phi) is 4.16. The maximum absolute atomic E-state index is 12.1. The van der Waals surface area contributed by atoms with E-state index in [-0.39, 0.29) is 16.3 Å². The highest BCUT2D eigenvalue weighted by molar-refractivity contribution is 9.09. The molecule has 1 unspecified atom stereocenters. The summed E-state index contributed by atoms with van der Waals surface area (Å²) in [5, 5.41) is 2.84. The molecule has 1 aromatic carbocycles. The van der Waals surface area contributed by atoms with Gasteiger partial charge in [0, 0.05) is 22.8 Å². The van der Waals surface area contributed by atoms with Crippen LogP contribution < -0.4 is 10.9 Å². The molecule has 1 amide bonds. The number of hydrogen-bond acceptors (Lipinski definition) is 2. The molecule has 1 heterocycles. The van der Waals surface area contributed by atoms with Crippen LogP contribution in [0, 0.1) is 0 Å². The van der Waals surface area contributed by atoms with Gasteiger partial charge in [0.1, 0.15) is 0 Å². The summed E-state index contributed by atoms with van der Waals surface area (Å²) in [6.07, 6.45) is 1.40. The molecule has 0 radical (unpaired) electrons. The van der Waals surface area contributed by atoms with Crippen LogP contribution in [0.4, 0.5) is 5.69 Å². The quantitative estimate of drug-likeness (QED) is 0.854. The summed E-state index contributed by atoms with van der Waals surface area (Å²) in [4.78, 5) is 25.6. The van der Waals surface area contributed by atoms with Crippen LogP contribution in [0.25, 0.3) is 0 Å². The topological polar surface area (TPSA) is 62.0 Å². The summed E-state index contributed by atoms with van der Waals surface area (Å²) < 4.78 is 0. The van der Waals surface area contributed by atoms with Crippen LogP contribution in [0.3, 0.4) is 0 Å². The van der Waals surface area contributed by atoms with Crippen LogP contribution in [0.1, 0.15) is 27.7 Å². The van der Waals surface area contributed by atoms with Crippen LogP contribution >= 0.6 is 15.9 Å².